The summed E-state index contributed by atoms with van der Waals surface area (Å²) in [6, 6.07) is 12.5. The van der Waals surface area contributed by atoms with Gasteiger partial charge in [0.2, 0.25) is 0 Å². The number of hydrogen-bond donors (Lipinski definition) is 0. The molecule has 30 heavy (non-hydrogen) atoms. The maximum absolute atomic E-state index is 13.1. The number of nitrogens with zero attached hydrogens (tertiary/aromatic N) is 4. The number of amides is 2. The van der Waals surface area contributed by atoms with Crippen molar-refractivity contribution in [3.63, 3.8) is 0 Å². The Bertz CT molecular complexity index is 1020. The van der Waals surface area contributed by atoms with Gasteiger partial charge in [0.15, 0.2) is 11.5 Å². The van der Waals surface area contributed by atoms with Crippen LogP contribution in [0.3, 0.4) is 0 Å². The van der Waals surface area contributed by atoms with Crippen LogP contribution < -0.4 is 0 Å². The van der Waals surface area contributed by atoms with Gasteiger partial charge in [-0.3, -0.25) is 4.79 Å². The van der Waals surface area contributed by atoms with Crippen molar-refractivity contribution in [1.82, 2.24) is 19.6 Å². The van der Waals surface area contributed by atoms with Crippen LogP contribution in [0.25, 0.3) is 17.1 Å². The summed E-state index contributed by atoms with van der Waals surface area (Å²) in [5.74, 6) is 0.405. The van der Waals surface area contributed by atoms with Crippen molar-refractivity contribution in [2.75, 3.05) is 32.8 Å². The fourth-order valence-electron chi connectivity index (χ4n) is 3.33. The van der Waals surface area contributed by atoms with Crippen molar-refractivity contribution in [2.24, 2.45) is 0 Å². The van der Waals surface area contributed by atoms with Crippen molar-refractivity contribution in [3.8, 4) is 17.1 Å². The topological polar surface area (TPSA) is 80.8 Å². The van der Waals surface area contributed by atoms with Gasteiger partial charge < -0.3 is 19.0 Å². The minimum absolute atomic E-state index is 0.195. The SMILES string of the molecule is CCOC(=O)N1CCN(C(=O)c2cc(-c3ccco3)n(-c3ccc(Cl)cc3)n2)CC1. The zero-order chi connectivity index (χ0) is 21.1. The molecule has 1 saturated heterocycles. The fraction of sp³-hybridized carbons (Fsp3) is 0.286. The molecule has 0 N–H and O–H groups in total. The third kappa shape index (κ3) is 4.04. The molecule has 0 spiro atoms. The van der Waals surface area contributed by atoms with E-state index in [1.54, 1.807) is 51.9 Å². The lowest BCUT2D eigenvalue weighted by Gasteiger charge is -2.33. The molecule has 0 saturated carbocycles. The average Bonchev–Trinajstić information content (AvgIpc) is 3.44. The molecular weight excluding hydrogens is 408 g/mol. The molecule has 3 aromatic rings. The Labute approximate surface area is 178 Å². The lowest BCUT2D eigenvalue weighted by atomic mass is 10.2. The number of carbonyl (C=O) groups is 2. The van der Waals surface area contributed by atoms with E-state index in [-0.39, 0.29) is 12.0 Å². The first-order chi connectivity index (χ1) is 14.6. The molecule has 1 aliphatic rings. The van der Waals surface area contributed by atoms with E-state index in [1.165, 1.54) is 0 Å². The van der Waals surface area contributed by atoms with Crippen LogP contribution in [0.1, 0.15) is 17.4 Å². The average molecular weight is 429 g/mol. The van der Waals surface area contributed by atoms with E-state index in [2.05, 4.69) is 5.10 Å². The second-order valence-corrected chi connectivity index (χ2v) is 7.19. The first-order valence-corrected chi connectivity index (χ1v) is 10.1. The number of rotatable bonds is 4. The van der Waals surface area contributed by atoms with E-state index >= 15 is 0 Å². The van der Waals surface area contributed by atoms with E-state index in [0.717, 1.165) is 5.69 Å². The van der Waals surface area contributed by atoms with Crippen LogP contribution in [0.2, 0.25) is 5.02 Å². The quantitative estimate of drug-likeness (QED) is 0.633. The summed E-state index contributed by atoms with van der Waals surface area (Å²) in [5.41, 5.74) is 1.73. The van der Waals surface area contributed by atoms with Crippen LogP contribution in [-0.4, -0.2) is 64.4 Å². The Morgan fingerprint density at radius 2 is 1.80 bits per heavy atom. The summed E-state index contributed by atoms with van der Waals surface area (Å²) in [7, 11) is 0. The van der Waals surface area contributed by atoms with Crippen LogP contribution in [0.5, 0.6) is 0 Å². The first-order valence-electron chi connectivity index (χ1n) is 9.67. The van der Waals surface area contributed by atoms with Crippen LogP contribution >= 0.6 is 11.6 Å². The number of benzene rings is 1. The maximum atomic E-state index is 13.1. The normalized spacial score (nSPS) is 14.1. The standard InChI is InChI=1S/C21H21ClN4O4/c1-2-29-21(28)25-11-9-24(10-12-25)20(27)17-14-18(19-4-3-13-30-19)26(23-17)16-7-5-15(22)6-8-16/h3-8,13-14H,2,9-12H2,1H3. The van der Waals surface area contributed by atoms with Gasteiger partial charge in [-0.1, -0.05) is 11.6 Å². The number of carbonyl (C=O) groups excluding carboxylic acids is 2. The van der Waals surface area contributed by atoms with E-state index in [4.69, 9.17) is 20.8 Å². The summed E-state index contributed by atoms with van der Waals surface area (Å²) >= 11 is 6.00. The molecule has 0 aliphatic carbocycles. The number of ether oxygens (including phenoxy) is 1. The van der Waals surface area contributed by atoms with Crippen molar-refractivity contribution in [2.45, 2.75) is 6.92 Å². The predicted octanol–water partition coefficient (Wildman–Crippen LogP) is 3.70. The summed E-state index contributed by atoms with van der Waals surface area (Å²) in [5, 5.41) is 5.15. The molecule has 0 bridgehead atoms. The molecule has 4 rings (SSSR count). The van der Waals surface area contributed by atoms with E-state index in [9.17, 15) is 9.59 Å². The molecule has 0 atom stereocenters. The van der Waals surface area contributed by atoms with Gasteiger partial charge in [0.25, 0.3) is 5.91 Å². The van der Waals surface area contributed by atoms with Crippen molar-refractivity contribution in [1.29, 1.82) is 0 Å². The first kappa shape index (κ1) is 20.0. The highest BCUT2D eigenvalue weighted by Gasteiger charge is 2.28. The van der Waals surface area contributed by atoms with Crippen LogP contribution in [-0.2, 0) is 4.74 Å². The minimum Gasteiger partial charge on any atom is -0.463 e. The molecule has 1 aromatic carbocycles. The van der Waals surface area contributed by atoms with Gasteiger partial charge in [0.05, 0.1) is 18.6 Å². The smallest absolute Gasteiger partial charge is 0.409 e. The molecule has 9 heteroatoms. The molecule has 3 heterocycles. The van der Waals surface area contributed by atoms with Crippen LogP contribution in [0.4, 0.5) is 4.79 Å². The summed E-state index contributed by atoms with van der Waals surface area (Å²) in [6.45, 7) is 3.78. The molecular formula is C21H21ClN4O4. The van der Waals surface area contributed by atoms with Crippen LogP contribution in [0.15, 0.2) is 53.1 Å². The zero-order valence-electron chi connectivity index (χ0n) is 16.5. The summed E-state index contributed by atoms with van der Waals surface area (Å²) in [4.78, 5) is 28.3. The van der Waals surface area contributed by atoms with E-state index in [0.29, 0.717) is 55.0 Å². The van der Waals surface area contributed by atoms with Gasteiger partial charge in [0.1, 0.15) is 5.69 Å². The molecule has 0 unspecified atom stereocenters. The Kier molecular flexibility index (Phi) is 5.76. The zero-order valence-corrected chi connectivity index (χ0v) is 17.2. The Hall–Kier alpha value is -3.26. The van der Waals surface area contributed by atoms with Gasteiger partial charge in [-0.15, -0.1) is 0 Å². The third-order valence-corrected chi connectivity index (χ3v) is 5.12. The van der Waals surface area contributed by atoms with Crippen LogP contribution in [0, 0.1) is 0 Å². The van der Waals surface area contributed by atoms with Gasteiger partial charge in [-0.2, -0.15) is 5.10 Å². The molecule has 156 valence electrons. The highest BCUT2D eigenvalue weighted by atomic mass is 35.5. The predicted molar refractivity (Wildman–Crippen MR) is 111 cm³/mol. The molecule has 0 radical (unpaired) electrons. The minimum atomic E-state index is -0.350. The van der Waals surface area contributed by atoms with Gasteiger partial charge in [-0.05, 0) is 43.3 Å². The number of halogens is 1. The van der Waals surface area contributed by atoms with Crippen molar-refractivity contribution >= 4 is 23.6 Å². The Morgan fingerprint density at radius 1 is 1.10 bits per heavy atom. The molecule has 8 nitrogen and oxygen atoms in total. The van der Waals surface area contributed by atoms with Gasteiger partial charge >= 0.3 is 6.09 Å². The van der Waals surface area contributed by atoms with Gasteiger partial charge in [0, 0.05) is 37.3 Å². The molecule has 1 aliphatic heterocycles. The largest absolute Gasteiger partial charge is 0.463 e. The highest BCUT2D eigenvalue weighted by Crippen LogP contribution is 2.26. The lowest BCUT2D eigenvalue weighted by molar-refractivity contribution is 0.0565. The fourth-order valence-corrected chi connectivity index (χ4v) is 3.46. The van der Waals surface area contributed by atoms with E-state index < -0.39 is 0 Å². The summed E-state index contributed by atoms with van der Waals surface area (Å²) < 4.78 is 12.2. The lowest BCUT2D eigenvalue weighted by Crippen LogP contribution is -2.50. The molecule has 1 fully saturated rings. The monoisotopic (exact) mass is 428 g/mol. The maximum Gasteiger partial charge on any atom is 0.409 e. The highest BCUT2D eigenvalue weighted by molar-refractivity contribution is 6.30. The third-order valence-electron chi connectivity index (χ3n) is 4.87. The second-order valence-electron chi connectivity index (χ2n) is 6.76. The van der Waals surface area contributed by atoms with Gasteiger partial charge in [-0.25, -0.2) is 9.48 Å². The number of furan rings is 1. The number of aromatic nitrogens is 2. The Balaban J connectivity index is 1.57. The Morgan fingerprint density at radius 3 is 2.43 bits per heavy atom. The number of hydrogen-bond acceptors (Lipinski definition) is 5. The van der Waals surface area contributed by atoms with Crippen molar-refractivity contribution < 1.29 is 18.7 Å². The number of piperazine rings is 1. The molecule has 2 aromatic heterocycles. The molecule has 2 amide bonds. The van der Waals surface area contributed by atoms with E-state index in [1.807, 2.05) is 18.2 Å². The second kappa shape index (κ2) is 8.62. The van der Waals surface area contributed by atoms with Crippen molar-refractivity contribution in [3.05, 3.63) is 59.4 Å². The summed E-state index contributed by atoms with van der Waals surface area (Å²) in [6.07, 6.45) is 1.22.